The van der Waals surface area contributed by atoms with Crippen LogP contribution in [0, 0.1) is 6.92 Å². The maximum absolute atomic E-state index is 12.5. The molecular formula is C21H22N4O3. The Morgan fingerprint density at radius 1 is 1.04 bits per heavy atom. The van der Waals surface area contributed by atoms with Crippen LogP contribution in [0.15, 0.2) is 54.7 Å². The topological polar surface area (TPSA) is 85.4 Å². The lowest BCUT2D eigenvalue weighted by Crippen LogP contribution is -2.15. The van der Waals surface area contributed by atoms with Crippen molar-refractivity contribution in [2.75, 3.05) is 24.9 Å². The van der Waals surface area contributed by atoms with Crippen molar-refractivity contribution >= 4 is 17.5 Å². The number of amides is 1. The van der Waals surface area contributed by atoms with E-state index in [1.807, 2.05) is 24.3 Å². The van der Waals surface area contributed by atoms with Crippen molar-refractivity contribution in [3.05, 3.63) is 71.5 Å². The molecule has 3 aromatic rings. The quantitative estimate of drug-likeness (QED) is 0.653. The van der Waals surface area contributed by atoms with E-state index in [1.165, 1.54) is 6.20 Å². The molecule has 0 unspecified atom stereocenters. The average molecular weight is 378 g/mol. The molecule has 28 heavy (non-hydrogen) atoms. The molecule has 3 rings (SSSR count). The molecule has 0 saturated carbocycles. The molecule has 0 fully saturated rings. The Bertz CT molecular complexity index is 958. The number of carbonyl (C=O) groups is 1. The molecule has 0 radical (unpaired) electrons. The molecule has 7 heteroatoms. The average Bonchev–Trinajstić information content (AvgIpc) is 2.73. The molecule has 0 saturated heterocycles. The first kappa shape index (κ1) is 19.2. The van der Waals surface area contributed by atoms with Crippen molar-refractivity contribution in [1.29, 1.82) is 0 Å². The summed E-state index contributed by atoms with van der Waals surface area (Å²) in [6, 6.07) is 14.9. The molecule has 144 valence electrons. The normalized spacial score (nSPS) is 10.2. The summed E-state index contributed by atoms with van der Waals surface area (Å²) >= 11 is 0. The van der Waals surface area contributed by atoms with Crippen molar-refractivity contribution in [3.8, 4) is 11.5 Å². The molecule has 1 amide bonds. The van der Waals surface area contributed by atoms with E-state index in [0.717, 1.165) is 17.1 Å². The number of anilines is 2. The number of nitrogens with one attached hydrogen (secondary N) is 2. The van der Waals surface area contributed by atoms with Crippen LogP contribution < -0.4 is 20.1 Å². The summed E-state index contributed by atoms with van der Waals surface area (Å²) in [7, 11) is 3.23. The van der Waals surface area contributed by atoms with Gasteiger partial charge in [0.15, 0.2) is 0 Å². The van der Waals surface area contributed by atoms with Crippen molar-refractivity contribution in [2.45, 2.75) is 13.5 Å². The van der Waals surface area contributed by atoms with Gasteiger partial charge in [-0.05, 0) is 48.9 Å². The Balaban J connectivity index is 1.64. The summed E-state index contributed by atoms with van der Waals surface area (Å²) < 4.78 is 10.3. The van der Waals surface area contributed by atoms with Crippen LogP contribution in [-0.4, -0.2) is 30.1 Å². The molecule has 2 N–H and O–H groups in total. The highest BCUT2D eigenvalue weighted by Gasteiger charge is 2.12. The summed E-state index contributed by atoms with van der Waals surface area (Å²) in [5.74, 6) is 1.72. The van der Waals surface area contributed by atoms with Crippen LogP contribution in [0.5, 0.6) is 11.5 Å². The Morgan fingerprint density at radius 2 is 1.79 bits per heavy atom. The Labute approximate surface area is 163 Å². The van der Waals surface area contributed by atoms with Gasteiger partial charge in [-0.15, -0.1) is 0 Å². The van der Waals surface area contributed by atoms with Gasteiger partial charge in [-0.25, -0.2) is 9.97 Å². The summed E-state index contributed by atoms with van der Waals surface area (Å²) in [4.78, 5) is 21.1. The zero-order valence-corrected chi connectivity index (χ0v) is 16.0. The molecule has 1 heterocycles. The van der Waals surface area contributed by atoms with Gasteiger partial charge in [0, 0.05) is 18.4 Å². The molecule has 0 spiro atoms. The van der Waals surface area contributed by atoms with Crippen LogP contribution >= 0.6 is 0 Å². The van der Waals surface area contributed by atoms with Gasteiger partial charge < -0.3 is 20.1 Å². The third-order valence-electron chi connectivity index (χ3n) is 4.16. The fourth-order valence-corrected chi connectivity index (χ4v) is 2.61. The van der Waals surface area contributed by atoms with Gasteiger partial charge in [0.25, 0.3) is 5.91 Å². The van der Waals surface area contributed by atoms with Gasteiger partial charge in [-0.3, -0.25) is 4.79 Å². The molecule has 0 bridgehead atoms. The summed E-state index contributed by atoms with van der Waals surface area (Å²) in [6.45, 7) is 2.33. The predicted octanol–water partition coefficient (Wildman–Crippen LogP) is 3.67. The number of ether oxygens (including phenoxy) is 2. The van der Waals surface area contributed by atoms with Crippen LogP contribution in [0.3, 0.4) is 0 Å². The number of benzene rings is 2. The first-order valence-corrected chi connectivity index (χ1v) is 8.75. The van der Waals surface area contributed by atoms with E-state index in [1.54, 1.807) is 45.4 Å². The Morgan fingerprint density at radius 3 is 2.46 bits per heavy atom. The van der Waals surface area contributed by atoms with E-state index in [0.29, 0.717) is 29.4 Å². The smallest absolute Gasteiger partial charge is 0.259 e. The second kappa shape index (κ2) is 8.85. The zero-order valence-electron chi connectivity index (χ0n) is 16.0. The molecule has 1 aromatic heterocycles. The van der Waals surface area contributed by atoms with Crippen LogP contribution in [0.1, 0.15) is 21.6 Å². The van der Waals surface area contributed by atoms with Crippen LogP contribution in [0.2, 0.25) is 0 Å². The minimum absolute atomic E-state index is 0.262. The van der Waals surface area contributed by atoms with Crippen LogP contribution in [-0.2, 0) is 6.54 Å². The number of aryl methyl sites for hydroxylation is 1. The van der Waals surface area contributed by atoms with E-state index >= 15 is 0 Å². The minimum Gasteiger partial charge on any atom is -0.497 e. The number of hydrogen-bond donors (Lipinski definition) is 2. The highest BCUT2D eigenvalue weighted by atomic mass is 16.5. The molecular weight excluding hydrogens is 356 g/mol. The monoisotopic (exact) mass is 378 g/mol. The summed E-state index contributed by atoms with van der Waals surface area (Å²) in [5, 5.41) is 5.99. The van der Waals surface area contributed by atoms with Crippen molar-refractivity contribution in [1.82, 2.24) is 9.97 Å². The number of methoxy groups -OCH3 is 2. The first-order chi connectivity index (χ1) is 13.6. The van der Waals surface area contributed by atoms with Gasteiger partial charge in [0.05, 0.1) is 25.5 Å². The summed E-state index contributed by atoms with van der Waals surface area (Å²) in [5.41, 5.74) is 2.73. The second-order valence-corrected chi connectivity index (χ2v) is 6.08. The van der Waals surface area contributed by atoms with Gasteiger partial charge in [-0.2, -0.15) is 0 Å². The van der Waals surface area contributed by atoms with Crippen LogP contribution in [0.4, 0.5) is 11.6 Å². The maximum atomic E-state index is 12.5. The zero-order chi connectivity index (χ0) is 19.9. The minimum atomic E-state index is -0.262. The molecule has 7 nitrogen and oxygen atoms in total. The van der Waals surface area contributed by atoms with E-state index in [-0.39, 0.29) is 5.91 Å². The number of rotatable bonds is 7. The third kappa shape index (κ3) is 4.76. The lowest BCUT2D eigenvalue weighted by Gasteiger charge is -2.10. The molecule has 0 aliphatic rings. The number of aromatic nitrogens is 2. The van der Waals surface area contributed by atoms with Crippen molar-refractivity contribution < 1.29 is 14.3 Å². The number of hydrogen-bond acceptors (Lipinski definition) is 6. The van der Waals surface area contributed by atoms with Crippen molar-refractivity contribution in [2.24, 2.45) is 0 Å². The SMILES string of the molecule is COc1ccc(NC(=O)c2cnc(NCc3cccc(OC)c3)nc2C)cc1. The van der Waals surface area contributed by atoms with Gasteiger partial charge >= 0.3 is 0 Å². The predicted molar refractivity (Wildman–Crippen MR) is 108 cm³/mol. The van der Waals surface area contributed by atoms with Gasteiger partial charge in [0.2, 0.25) is 5.95 Å². The molecule has 2 aromatic carbocycles. The number of carbonyl (C=O) groups excluding carboxylic acids is 1. The lowest BCUT2D eigenvalue weighted by molar-refractivity contribution is 0.102. The highest BCUT2D eigenvalue weighted by molar-refractivity contribution is 6.04. The fourth-order valence-electron chi connectivity index (χ4n) is 2.61. The Kier molecular flexibility index (Phi) is 6.06. The van der Waals surface area contributed by atoms with E-state index in [9.17, 15) is 4.79 Å². The van der Waals surface area contributed by atoms with E-state index in [2.05, 4.69) is 20.6 Å². The maximum Gasteiger partial charge on any atom is 0.259 e. The first-order valence-electron chi connectivity index (χ1n) is 8.75. The van der Waals surface area contributed by atoms with Crippen molar-refractivity contribution in [3.63, 3.8) is 0 Å². The highest BCUT2D eigenvalue weighted by Crippen LogP contribution is 2.17. The molecule has 0 aliphatic carbocycles. The molecule has 0 aliphatic heterocycles. The third-order valence-corrected chi connectivity index (χ3v) is 4.16. The fraction of sp³-hybridized carbons (Fsp3) is 0.190. The number of nitrogens with zero attached hydrogens (tertiary/aromatic N) is 2. The standard InChI is InChI=1S/C21H22N4O3/c1-14-19(20(26)25-16-7-9-17(27-2)10-8-16)13-23-21(24-14)22-12-15-5-4-6-18(11-15)28-3/h4-11,13H,12H2,1-3H3,(H,25,26)(H,22,23,24). The van der Waals surface area contributed by atoms with Crippen LogP contribution in [0.25, 0.3) is 0 Å². The van der Waals surface area contributed by atoms with Gasteiger partial charge in [-0.1, -0.05) is 12.1 Å². The Hall–Kier alpha value is -3.61. The second-order valence-electron chi connectivity index (χ2n) is 6.08. The van der Waals surface area contributed by atoms with E-state index < -0.39 is 0 Å². The summed E-state index contributed by atoms with van der Waals surface area (Å²) in [6.07, 6.45) is 1.52. The lowest BCUT2D eigenvalue weighted by atomic mass is 10.2. The largest absolute Gasteiger partial charge is 0.497 e. The molecule has 0 atom stereocenters. The van der Waals surface area contributed by atoms with Gasteiger partial charge in [0.1, 0.15) is 11.5 Å². The van der Waals surface area contributed by atoms with E-state index in [4.69, 9.17) is 9.47 Å².